The minimum atomic E-state index is -0.700. The number of aryl methyl sites for hydroxylation is 1. The third-order valence-corrected chi connectivity index (χ3v) is 4.88. The monoisotopic (exact) mass is 398 g/mol. The van der Waals surface area contributed by atoms with Crippen molar-refractivity contribution in [3.63, 3.8) is 0 Å². The number of H-pyrrole nitrogens is 1. The summed E-state index contributed by atoms with van der Waals surface area (Å²) < 4.78 is 17.9. The molecule has 1 amide bonds. The van der Waals surface area contributed by atoms with Crippen molar-refractivity contribution < 1.29 is 13.9 Å². The van der Waals surface area contributed by atoms with Crippen molar-refractivity contribution in [2.24, 2.45) is 5.73 Å². The Morgan fingerprint density at radius 3 is 2.66 bits per heavy atom. The van der Waals surface area contributed by atoms with E-state index >= 15 is 0 Å². The van der Waals surface area contributed by atoms with Gasteiger partial charge in [0.15, 0.2) is 5.43 Å². The molecule has 29 heavy (non-hydrogen) atoms. The van der Waals surface area contributed by atoms with Crippen LogP contribution in [0.2, 0.25) is 0 Å². The SMILES string of the molecule is CC1CCC(c2cc(=O)c3c(C(N)=O)nccc3[nH]2)CO1.Cc1ncccc1F. The summed E-state index contributed by atoms with van der Waals surface area (Å²) in [4.78, 5) is 34.5. The van der Waals surface area contributed by atoms with Crippen LogP contribution in [0.1, 0.15) is 47.6 Å². The lowest BCUT2D eigenvalue weighted by atomic mass is 9.95. The minimum absolute atomic E-state index is 0.00816. The molecule has 0 spiro atoms. The predicted molar refractivity (Wildman–Crippen MR) is 107 cm³/mol. The molecule has 0 radical (unpaired) electrons. The van der Waals surface area contributed by atoms with E-state index in [1.54, 1.807) is 25.3 Å². The molecule has 2 unspecified atom stereocenters. The molecule has 4 heterocycles. The van der Waals surface area contributed by atoms with Crippen LogP contribution in [0.3, 0.4) is 0 Å². The highest BCUT2D eigenvalue weighted by molar-refractivity contribution is 6.03. The minimum Gasteiger partial charge on any atom is -0.378 e. The lowest BCUT2D eigenvalue weighted by molar-refractivity contribution is 0.0147. The second kappa shape index (κ2) is 8.91. The smallest absolute Gasteiger partial charge is 0.268 e. The molecule has 0 saturated carbocycles. The number of aromatic nitrogens is 3. The number of pyridine rings is 3. The van der Waals surface area contributed by atoms with Gasteiger partial charge in [0.25, 0.3) is 5.91 Å². The zero-order valence-corrected chi connectivity index (χ0v) is 16.3. The fourth-order valence-electron chi connectivity index (χ4n) is 3.22. The Balaban J connectivity index is 0.000000252. The Kier molecular flexibility index (Phi) is 6.33. The van der Waals surface area contributed by atoms with Crippen LogP contribution in [-0.4, -0.2) is 33.6 Å². The maximum absolute atomic E-state index is 12.3. The first-order valence-corrected chi connectivity index (χ1v) is 9.37. The molecule has 1 saturated heterocycles. The van der Waals surface area contributed by atoms with Crippen molar-refractivity contribution in [1.29, 1.82) is 0 Å². The van der Waals surface area contributed by atoms with Crippen molar-refractivity contribution >= 4 is 16.8 Å². The topological polar surface area (TPSA) is 111 Å². The molecular formula is C21H23FN4O3. The maximum Gasteiger partial charge on any atom is 0.268 e. The van der Waals surface area contributed by atoms with E-state index in [1.165, 1.54) is 18.3 Å². The highest BCUT2D eigenvalue weighted by Gasteiger charge is 2.22. The number of carbonyl (C=O) groups is 1. The summed E-state index contributed by atoms with van der Waals surface area (Å²) in [5, 5.41) is 0.249. The number of ether oxygens (including phenoxy) is 1. The number of hydrogen-bond acceptors (Lipinski definition) is 5. The van der Waals surface area contributed by atoms with Crippen LogP contribution >= 0.6 is 0 Å². The third-order valence-electron chi connectivity index (χ3n) is 4.88. The van der Waals surface area contributed by atoms with E-state index in [9.17, 15) is 14.0 Å². The van der Waals surface area contributed by atoms with Gasteiger partial charge in [0.1, 0.15) is 11.5 Å². The molecule has 0 aliphatic carbocycles. The molecular weight excluding hydrogens is 375 g/mol. The van der Waals surface area contributed by atoms with E-state index in [-0.39, 0.29) is 34.3 Å². The van der Waals surface area contributed by atoms with Gasteiger partial charge in [0.05, 0.1) is 29.3 Å². The van der Waals surface area contributed by atoms with Gasteiger partial charge in [-0.1, -0.05) is 0 Å². The van der Waals surface area contributed by atoms with Crippen LogP contribution < -0.4 is 11.2 Å². The van der Waals surface area contributed by atoms with Crippen molar-refractivity contribution in [2.45, 2.75) is 38.7 Å². The normalized spacial score (nSPS) is 18.7. The van der Waals surface area contributed by atoms with Crippen LogP contribution in [0.5, 0.6) is 0 Å². The summed E-state index contributed by atoms with van der Waals surface area (Å²) in [7, 11) is 0. The first-order valence-electron chi connectivity index (χ1n) is 9.37. The molecule has 152 valence electrons. The molecule has 3 aromatic rings. The van der Waals surface area contributed by atoms with Gasteiger partial charge < -0.3 is 15.5 Å². The fourth-order valence-corrected chi connectivity index (χ4v) is 3.22. The van der Waals surface area contributed by atoms with E-state index in [1.807, 2.05) is 6.92 Å². The van der Waals surface area contributed by atoms with E-state index < -0.39 is 5.91 Å². The number of amides is 1. The standard InChI is InChI=1S/C15H17N3O3.C6H6FN/c1-8-2-3-9(7-21-8)11-6-12(19)13-10(18-11)4-5-17-14(13)15(16)20;1-5-6(7)3-2-4-8-5/h4-6,8-9H,2-3,7H2,1H3,(H2,16,20)(H,18,19);2-4H,1H3. The van der Waals surface area contributed by atoms with Gasteiger partial charge in [0.2, 0.25) is 0 Å². The molecule has 8 heteroatoms. The number of hydrogen-bond donors (Lipinski definition) is 2. The predicted octanol–water partition coefficient (Wildman–Crippen LogP) is 2.83. The lowest BCUT2D eigenvalue weighted by Gasteiger charge is -2.27. The number of nitrogens with one attached hydrogen (secondary N) is 1. The largest absolute Gasteiger partial charge is 0.378 e. The molecule has 3 aromatic heterocycles. The Bertz CT molecular complexity index is 1050. The van der Waals surface area contributed by atoms with Gasteiger partial charge in [-0.2, -0.15) is 0 Å². The maximum atomic E-state index is 12.3. The second-order valence-electron chi connectivity index (χ2n) is 7.02. The number of carbonyl (C=O) groups excluding carboxylic acids is 1. The van der Waals surface area contributed by atoms with Crippen LogP contribution in [0, 0.1) is 12.7 Å². The van der Waals surface area contributed by atoms with E-state index in [0.29, 0.717) is 17.8 Å². The van der Waals surface area contributed by atoms with E-state index in [4.69, 9.17) is 10.5 Å². The molecule has 2 atom stereocenters. The van der Waals surface area contributed by atoms with Gasteiger partial charge in [-0.25, -0.2) is 4.39 Å². The lowest BCUT2D eigenvalue weighted by Crippen LogP contribution is -2.24. The van der Waals surface area contributed by atoms with Crippen LogP contribution in [-0.2, 0) is 4.74 Å². The van der Waals surface area contributed by atoms with Gasteiger partial charge >= 0.3 is 0 Å². The molecule has 3 N–H and O–H groups in total. The van der Waals surface area contributed by atoms with Crippen molar-refractivity contribution in [1.82, 2.24) is 15.0 Å². The Morgan fingerprint density at radius 1 is 1.28 bits per heavy atom. The van der Waals surface area contributed by atoms with Crippen LogP contribution in [0.25, 0.3) is 10.9 Å². The zero-order valence-electron chi connectivity index (χ0n) is 16.3. The molecule has 0 bridgehead atoms. The van der Waals surface area contributed by atoms with Gasteiger partial charge in [-0.3, -0.25) is 19.6 Å². The quantitative estimate of drug-likeness (QED) is 0.690. The molecule has 4 rings (SSSR count). The van der Waals surface area contributed by atoms with Gasteiger partial charge in [-0.05, 0) is 44.9 Å². The second-order valence-corrected chi connectivity index (χ2v) is 7.02. The summed E-state index contributed by atoms with van der Waals surface area (Å²) in [5.74, 6) is -0.773. The number of rotatable bonds is 2. The fraction of sp³-hybridized carbons (Fsp3) is 0.333. The number of fused-ring (bicyclic) bond motifs is 1. The summed E-state index contributed by atoms with van der Waals surface area (Å²) in [5.41, 5.74) is 6.91. The van der Waals surface area contributed by atoms with Crippen molar-refractivity contribution in [3.8, 4) is 0 Å². The molecule has 1 fully saturated rings. The summed E-state index contributed by atoms with van der Waals surface area (Å²) >= 11 is 0. The number of nitrogens with zero attached hydrogens (tertiary/aromatic N) is 2. The average molecular weight is 398 g/mol. The first-order chi connectivity index (χ1) is 13.9. The molecule has 0 aromatic carbocycles. The van der Waals surface area contributed by atoms with Gasteiger partial charge in [-0.15, -0.1) is 0 Å². The van der Waals surface area contributed by atoms with Crippen molar-refractivity contribution in [3.05, 3.63) is 69.8 Å². The highest BCUT2D eigenvalue weighted by atomic mass is 19.1. The Labute approximate surface area is 167 Å². The molecule has 1 aliphatic heterocycles. The summed E-state index contributed by atoms with van der Waals surface area (Å²) in [6.45, 7) is 4.27. The van der Waals surface area contributed by atoms with Crippen molar-refractivity contribution in [2.75, 3.05) is 6.61 Å². The number of primary amides is 1. The van der Waals surface area contributed by atoms with Crippen LogP contribution in [0.15, 0.2) is 41.5 Å². The molecule has 1 aliphatic rings. The Morgan fingerprint density at radius 2 is 2.07 bits per heavy atom. The molecule has 7 nitrogen and oxygen atoms in total. The number of nitrogens with two attached hydrogens (primary N) is 1. The zero-order chi connectivity index (χ0) is 21.0. The average Bonchev–Trinajstić information content (AvgIpc) is 2.70. The summed E-state index contributed by atoms with van der Waals surface area (Å²) in [6, 6.07) is 6.17. The van der Waals surface area contributed by atoms with E-state index in [0.717, 1.165) is 18.5 Å². The highest BCUT2D eigenvalue weighted by Crippen LogP contribution is 2.27. The first kappa shape index (κ1) is 20.6. The Hall–Kier alpha value is -3.13. The number of halogens is 1. The summed E-state index contributed by atoms with van der Waals surface area (Å²) in [6.07, 6.45) is 5.24. The third kappa shape index (κ3) is 4.83. The van der Waals surface area contributed by atoms with Crippen LogP contribution in [0.4, 0.5) is 4.39 Å². The van der Waals surface area contributed by atoms with E-state index in [2.05, 4.69) is 15.0 Å². The van der Waals surface area contributed by atoms with Gasteiger partial charge in [0, 0.05) is 30.1 Å². The number of aromatic amines is 1.